The van der Waals surface area contributed by atoms with Crippen LogP contribution in [0.25, 0.3) is 0 Å². The molecular formula is C13H22S. The minimum Gasteiger partial charge on any atom is -0.145 e. The van der Waals surface area contributed by atoms with Gasteiger partial charge in [-0.3, -0.25) is 0 Å². The molecule has 0 nitrogen and oxygen atoms in total. The fourth-order valence-corrected chi connectivity index (χ4v) is 3.06. The molecule has 0 aliphatic rings. The van der Waals surface area contributed by atoms with Crippen molar-refractivity contribution in [2.75, 3.05) is 0 Å². The molecule has 1 unspecified atom stereocenters. The highest BCUT2D eigenvalue weighted by Crippen LogP contribution is 2.29. The molecule has 0 aliphatic heterocycles. The topological polar surface area (TPSA) is 0 Å². The van der Waals surface area contributed by atoms with Crippen LogP contribution in [-0.2, 0) is 6.42 Å². The van der Waals surface area contributed by atoms with E-state index >= 15 is 0 Å². The second kappa shape index (κ2) is 5.55. The molecule has 0 saturated carbocycles. The van der Waals surface area contributed by atoms with E-state index in [0.717, 1.165) is 11.8 Å². The van der Waals surface area contributed by atoms with Crippen molar-refractivity contribution in [1.82, 2.24) is 0 Å². The van der Waals surface area contributed by atoms with Crippen molar-refractivity contribution in [3.8, 4) is 0 Å². The van der Waals surface area contributed by atoms with Gasteiger partial charge in [-0.2, -0.15) is 0 Å². The first-order valence-corrected chi connectivity index (χ1v) is 6.53. The first kappa shape index (κ1) is 11.8. The Bertz CT molecular complexity index is 260. The first-order valence-electron chi connectivity index (χ1n) is 5.72. The first-order chi connectivity index (χ1) is 6.63. The molecule has 0 saturated heterocycles. The average molecular weight is 210 g/mol. The van der Waals surface area contributed by atoms with Gasteiger partial charge in [0, 0.05) is 9.75 Å². The zero-order chi connectivity index (χ0) is 10.6. The molecule has 1 heterocycles. The average Bonchev–Trinajstić information content (AvgIpc) is 2.52. The molecule has 1 aromatic rings. The molecule has 14 heavy (non-hydrogen) atoms. The van der Waals surface area contributed by atoms with E-state index in [1.54, 1.807) is 9.75 Å². The maximum atomic E-state index is 2.34. The largest absolute Gasteiger partial charge is 0.145 e. The molecule has 0 N–H and O–H groups in total. The highest BCUT2D eigenvalue weighted by atomic mass is 32.1. The normalized spacial score (nSPS) is 13.5. The Morgan fingerprint density at radius 3 is 2.50 bits per heavy atom. The summed E-state index contributed by atoms with van der Waals surface area (Å²) in [5.74, 6) is 1.54. The zero-order valence-corrected chi connectivity index (χ0v) is 10.7. The standard InChI is InChI=1S/C13H22S/c1-5-6-11(4)13-8-7-12(14-13)9-10(2)3/h7-8,10-11H,5-6,9H2,1-4H3. The van der Waals surface area contributed by atoms with Crippen molar-refractivity contribution in [1.29, 1.82) is 0 Å². The summed E-state index contributed by atoms with van der Waals surface area (Å²) in [6, 6.07) is 4.63. The van der Waals surface area contributed by atoms with Crippen LogP contribution >= 0.6 is 11.3 Å². The maximum absolute atomic E-state index is 2.34. The van der Waals surface area contributed by atoms with Crippen LogP contribution in [0.4, 0.5) is 0 Å². The second-order valence-electron chi connectivity index (χ2n) is 4.59. The van der Waals surface area contributed by atoms with E-state index in [1.807, 2.05) is 11.3 Å². The fraction of sp³-hybridized carbons (Fsp3) is 0.692. The van der Waals surface area contributed by atoms with Crippen LogP contribution in [0.3, 0.4) is 0 Å². The van der Waals surface area contributed by atoms with E-state index in [-0.39, 0.29) is 0 Å². The van der Waals surface area contributed by atoms with Gasteiger partial charge >= 0.3 is 0 Å². The van der Waals surface area contributed by atoms with Gasteiger partial charge in [0.25, 0.3) is 0 Å². The van der Waals surface area contributed by atoms with Gasteiger partial charge in [-0.05, 0) is 36.8 Å². The maximum Gasteiger partial charge on any atom is 0.00763 e. The molecule has 0 aliphatic carbocycles. The fourth-order valence-electron chi connectivity index (χ4n) is 1.75. The van der Waals surface area contributed by atoms with Gasteiger partial charge in [0.15, 0.2) is 0 Å². The van der Waals surface area contributed by atoms with Crippen LogP contribution in [0, 0.1) is 5.92 Å². The van der Waals surface area contributed by atoms with Gasteiger partial charge in [-0.1, -0.05) is 34.1 Å². The monoisotopic (exact) mass is 210 g/mol. The summed E-state index contributed by atoms with van der Waals surface area (Å²) < 4.78 is 0. The molecule has 0 spiro atoms. The van der Waals surface area contributed by atoms with E-state index in [9.17, 15) is 0 Å². The molecule has 80 valence electrons. The van der Waals surface area contributed by atoms with E-state index < -0.39 is 0 Å². The molecule has 1 atom stereocenters. The second-order valence-corrected chi connectivity index (χ2v) is 5.79. The van der Waals surface area contributed by atoms with Crippen molar-refractivity contribution in [2.45, 2.75) is 52.9 Å². The molecule has 1 rings (SSSR count). The van der Waals surface area contributed by atoms with Gasteiger partial charge in [0.1, 0.15) is 0 Å². The van der Waals surface area contributed by atoms with Gasteiger partial charge in [-0.25, -0.2) is 0 Å². The summed E-state index contributed by atoms with van der Waals surface area (Å²) in [6.07, 6.45) is 3.85. The Morgan fingerprint density at radius 2 is 1.93 bits per heavy atom. The van der Waals surface area contributed by atoms with E-state index in [0.29, 0.717) is 0 Å². The molecule has 0 aromatic carbocycles. The van der Waals surface area contributed by atoms with Gasteiger partial charge in [0.2, 0.25) is 0 Å². The van der Waals surface area contributed by atoms with Crippen LogP contribution in [-0.4, -0.2) is 0 Å². The van der Waals surface area contributed by atoms with Crippen molar-refractivity contribution in [3.05, 3.63) is 21.9 Å². The predicted molar refractivity (Wildman–Crippen MR) is 66.2 cm³/mol. The van der Waals surface area contributed by atoms with E-state index in [1.165, 1.54) is 19.3 Å². The van der Waals surface area contributed by atoms with E-state index in [2.05, 4.69) is 39.8 Å². The molecule has 1 aromatic heterocycles. The highest BCUT2D eigenvalue weighted by Gasteiger charge is 2.08. The lowest BCUT2D eigenvalue weighted by Gasteiger charge is -2.06. The third-order valence-corrected chi connectivity index (χ3v) is 3.84. The van der Waals surface area contributed by atoms with Crippen LogP contribution in [0.2, 0.25) is 0 Å². The van der Waals surface area contributed by atoms with Gasteiger partial charge in [-0.15, -0.1) is 11.3 Å². The van der Waals surface area contributed by atoms with Crippen LogP contribution < -0.4 is 0 Å². The Hall–Kier alpha value is -0.300. The Balaban J connectivity index is 2.58. The summed E-state index contributed by atoms with van der Waals surface area (Å²) in [7, 11) is 0. The highest BCUT2D eigenvalue weighted by molar-refractivity contribution is 7.12. The smallest absolute Gasteiger partial charge is 0.00763 e. The van der Waals surface area contributed by atoms with Crippen LogP contribution in [0.1, 0.15) is 56.2 Å². The predicted octanol–water partition coefficient (Wildman–Crippen LogP) is 4.85. The lowest BCUT2D eigenvalue weighted by Crippen LogP contribution is -1.90. The van der Waals surface area contributed by atoms with Crippen molar-refractivity contribution in [3.63, 3.8) is 0 Å². The Kier molecular flexibility index (Phi) is 4.67. The lowest BCUT2D eigenvalue weighted by atomic mass is 10.0. The van der Waals surface area contributed by atoms with E-state index in [4.69, 9.17) is 0 Å². The van der Waals surface area contributed by atoms with Crippen LogP contribution in [0.15, 0.2) is 12.1 Å². The minimum atomic E-state index is 0.755. The summed E-state index contributed by atoms with van der Waals surface area (Å²) in [6.45, 7) is 9.18. The summed E-state index contributed by atoms with van der Waals surface area (Å²) in [5, 5.41) is 0. The molecule has 0 amide bonds. The number of hydrogen-bond acceptors (Lipinski definition) is 1. The summed E-state index contributed by atoms with van der Waals surface area (Å²) >= 11 is 2.01. The molecule has 0 fully saturated rings. The third-order valence-electron chi connectivity index (χ3n) is 2.50. The molecular weight excluding hydrogens is 188 g/mol. The Morgan fingerprint density at radius 1 is 1.21 bits per heavy atom. The quantitative estimate of drug-likeness (QED) is 0.651. The van der Waals surface area contributed by atoms with Crippen LogP contribution in [0.5, 0.6) is 0 Å². The zero-order valence-electron chi connectivity index (χ0n) is 9.84. The van der Waals surface area contributed by atoms with Gasteiger partial charge < -0.3 is 0 Å². The Labute approximate surface area is 92.4 Å². The number of hydrogen-bond donors (Lipinski definition) is 0. The SMILES string of the molecule is CCCC(C)c1ccc(CC(C)C)s1. The van der Waals surface area contributed by atoms with Crippen molar-refractivity contribution < 1.29 is 0 Å². The van der Waals surface area contributed by atoms with Crippen molar-refractivity contribution >= 4 is 11.3 Å². The van der Waals surface area contributed by atoms with Gasteiger partial charge in [0.05, 0.1) is 0 Å². The van der Waals surface area contributed by atoms with Crippen molar-refractivity contribution in [2.24, 2.45) is 5.92 Å². The minimum absolute atomic E-state index is 0.755. The lowest BCUT2D eigenvalue weighted by molar-refractivity contribution is 0.654. The third kappa shape index (κ3) is 3.45. The summed E-state index contributed by atoms with van der Waals surface area (Å²) in [4.78, 5) is 3.13. The number of rotatable bonds is 5. The summed E-state index contributed by atoms with van der Waals surface area (Å²) in [5.41, 5.74) is 0. The molecule has 1 heteroatoms. The number of thiophene rings is 1. The molecule has 0 bridgehead atoms. The molecule has 0 radical (unpaired) electrons.